The summed E-state index contributed by atoms with van der Waals surface area (Å²) < 4.78 is 31.8. The van der Waals surface area contributed by atoms with Crippen LogP contribution in [0.15, 0.2) is 35.4 Å². The second-order valence-corrected chi connectivity index (χ2v) is 8.57. The first-order chi connectivity index (χ1) is 13.2. The molecule has 0 saturated heterocycles. The van der Waals surface area contributed by atoms with Gasteiger partial charge in [0, 0.05) is 19.3 Å². The summed E-state index contributed by atoms with van der Waals surface area (Å²) in [5, 5.41) is 4.98. The molecule has 0 spiro atoms. The number of carbonyl (C=O) groups excluding carboxylic acids is 2. The van der Waals surface area contributed by atoms with E-state index in [1.165, 1.54) is 19.2 Å². The van der Waals surface area contributed by atoms with Crippen LogP contribution in [-0.4, -0.2) is 49.7 Å². The van der Waals surface area contributed by atoms with Gasteiger partial charge in [-0.05, 0) is 24.6 Å². The number of aromatic nitrogens is 1. The number of anilines is 2. The zero-order chi connectivity index (χ0) is 20.5. The Morgan fingerprint density at radius 2 is 2.14 bits per heavy atom. The number of ether oxygens (including phenoxy) is 1. The van der Waals surface area contributed by atoms with Gasteiger partial charge >= 0.3 is 0 Å². The van der Waals surface area contributed by atoms with E-state index >= 15 is 0 Å². The van der Waals surface area contributed by atoms with Crippen molar-refractivity contribution >= 4 is 44.9 Å². The van der Waals surface area contributed by atoms with Gasteiger partial charge in [0.25, 0.3) is 5.91 Å². The van der Waals surface area contributed by atoms with Gasteiger partial charge in [0.2, 0.25) is 15.9 Å². The molecule has 0 saturated carbocycles. The number of benzene rings is 1. The van der Waals surface area contributed by atoms with Crippen LogP contribution in [0.3, 0.4) is 0 Å². The van der Waals surface area contributed by atoms with Gasteiger partial charge in [-0.3, -0.25) is 9.59 Å². The molecule has 0 aliphatic carbocycles. The standard InChI is InChI=1S/C17H17ClN4O5S/c1-10-3-4-15(19-7-10)21-16(23)8-22(2)28(25,26)14-6-13-12(5-11(14)18)20-17(24)9-27-13/h3-7H,8-9H2,1-2H3,(H,20,24)(H,19,21,23). The summed E-state index contributed by atoms with van der Waals surface area (Å²) in [4.78, 5) is 27.4. The Morgan fingerprint density at radius 1 is 1.39 bits per heavy atom. The first-order valence-electron chi connectivity index (χ1n) is 8.12. The Kier molecular flexibility index (Phi) is 5.54. The van der Waals surface area contributed by atoms with Crippen molar-refractivity contribution in [1.29, 1.82) is 0 Å². The van der Waals surface area contributed by atoms with E-state index in [9.17, 15) is 18.0 Å². The first-order valence-corrected chi connectivity index (χ1v) is 9.93. The van der Waals surface area contributed by atoms with Gasteiger partial charge in [-0.2, -0.15) is 4.31 Å². The molecule has 1 aliphatic heterocycles. The molecular weight excluding hydrogens is 408 g/mol. The zero-order valence-corrected chi connectivity index (χ0v) is 16.6. The minimum absolute atomic E-state index is 0.1000. The summed E-state index contributed by atoms with van der Waals surface area (Å²) in [5.74, 6) is -0.417. The number of halogens is 1. The molecule has 11 heteroatoms. The molecule has 0 atom stereocenters. The van der Waals surface area contributed by atoms with Crippen LogP contribution in [0.25, 0.3) is 0 Å². The molecule has 2 aromatic rings. The molecule has 1 aliphatic rings. The Labute approximate surface area is 166 Å². The molecule has 0 fully saturated rings. The van der Waals surface area contributed by atoms with Crippen molar-refractivity contribution in [3.05, 3.63) is 41.0 Å². The summed E-state index contributed by atoms with van der Waals surface area (Å²) in [6.07, 6.45) is 1.59. The van der Waals surface area contributed by atoms with Crippen molar-refractivity contribution in [2.24, 2.45) is 0 Å². The van der Waals surface area contributed by atoms with Crippen LogP contribution < -0.4 is 15.4 Å². The second-order valence-electron chi connectivity index (χ2n) is 6.15. The van der Waals surface area contributed by atoms with Crippen LogP contribution in [-0.2, 0) is 19.6 Å². The van der Waals surface area contributed by atoms with Crippen molar-refractivity contribution in [3.63, 3.8) is 0 Å². The van der Waals surface area contributed by atoms with Crippen LogP contribution in [0.4, 0.5) is 11.5 Å². The van der Waals surface area contributed by atoms with E-state index in [0.29, 0.717) is 5.82 Å². The van der Waals surface area contributed by atoms with E-state index in [1.54, 1.807) is 18.3 Å². The van der Waals surface area contributed by atoms with Gasteiger partial charge in [-0.25, -0.2) is 13.4 Å². The SMILES string of the molecule is Cc1ccc(NC(=O)CN(C)S(=O)(=O)c2cc3c(cc2Cl)NC(=O)CO3)nc1. The number of nitrogens with one attached hydrogen (secondary N) is 2. The summed E-state index contributed by atoms with van der Waals surface area (Å²) in [5.41, 5.74) is 1.21. The molecule has 0 radical (unpaired) electrons. The molecule has 0 bridgehead atoms. The van der Waals surface area contributed by atoms with Crippen molar-refractivity contribution in [3.8, 4) is 5.75 Å². The molecule has 1 aromatic carbocycles. The zero-order valence-electron chi connectivity index (χ0n) is 15.0. The topological polar surface area (TPSA) is 118 Å². The highest BCUT2D eigenvalue weighted by Gasteiger charge is 2.28. The third-order valence-corrected chi connectivity index (χ3v) is 6.17. The van der Waals surface area contributed by atoms with E-state index in [4.69, 9.17) is 16.3 Å². The summed E-state index contributed by atoms with van der Waals surface area (Å²) >= 11 is 6.10. The first kappa shape index (κ1) is 20.1. The second kappa shape index (κ2) is 7.74. The molecule has 2 amide bonds. The molecule has 9 nitrogen and oxygen atoms in total. The van der Waals surface area contributed by atoms with E-state index in [2.05, 4.69) is 15.6 Å². The maximum atomic E-state index is 12.8. The number of fused-ring (bicyclic) bond motifs is 1. The van der Waals surface area contributed by atoms with Gasteiger partial charge in [0.15, 0.2) is 6.61 Å². The Balaban J connectivity index is 1.77. The van der Waals surface area contributed by atoms with Gasteiger partial charge in [0.05, 0.1) is 17.3 Å². The largest absolute Gasteiger partial charge is 0.482 e. The van der Waals surface area contributed by atoms with Gasteiger partial charge in [-0.15, -0.1) is 0 Å². The van der Waals surface area contributed by atoms with Crippen molar-refractivity contribution in [2.45, 2.75) is 11.8 Å². The van der Waals surface area contributed by atoms with Gasteiger partial charge < -0.3 is 15.4 Å². The minimum atomic E-state index is -4.08. The van der Waals surface area contributed by atoms with Crippen LogP contribution in [0, 0.1) is 6.92 Å². The molecule has 148 valence electrons. The van der Waals surface area contributed by atoms with Crippen molar-refractivity contribution in [1.82, 2.24) is 9.29 Å². The van der Waals surface area contributed by atoms with Crippen LogP contribution >= 0.6 is 11.6 Å². The van der Waals surface area contributed by atoms with Crippen LogP contribution in [0.2, 0.25) is 5.02 Å². The average Bonchev–Trinajstić information content (AvgIpc) is 2.62. The molecular formula is C17H17ClN4O5S. The fourth-order valence-corrected chi connectivity index (χ4v) is 4.10. The molecule has 28 heavy (non-hydrogen) atoms. The maximum Gasteiger partial charge on any atom is 0.262 e. The third-order valence-electron chi connectivity index (χ3n) is 3.90. The highest BCUT2D eigenvalue weighted by Crippen LogP contribution is 2.36. The monoisotopic (exact) mass is 424 g/mol. The average molecular weight is 425 g/mol. The molecule has 3 rings (SSSR count). The predicted octanol–water partition coefficient (Wildman–Crippen LogP) is 1.63. The number of nitrogens with zero attached hydrogens (tertiary/aromatic N) is 2. The van der Waals surface area contributed by atoms with Gasteiger partial charge in [0.1, 0.15) is 16.5 Å². The molecule has 1 aromatic heterocycles. The summed E-state index contributed by atoms with van der Waals surface area (Å²) in [6.45, 7) is 1.19. The fourth-order valence-electron chi connectivity index (χ4n) is 2.46. The minimum Gasteiger partial charge on any atom is -0.482 e. The highest BCUT2D eigenvalue weighted by atomic mass is 35.5. The number of amides is 2. The van der Waals surface area contributed by atoms with Gasteiger partial charge in [-0.1, -0.05) is 17.7 Å². The lowest BCUT2D eigenvalue weighted by Crippen LogP contribution is -2.35. The fraction of sp³-hybridized carbons (Fsp3) is 0.235. The van der Waals surface area contributed by atoms with E-state index in [-0.39, 0.29) is 33.9 Å². The number of pyridine rings is 1. The van der Waals surface area contributed by atoms with E-state index in [1.807, 2.05) is 6.92 Å². The normalized spacial score (nSPS) is 13.5. The number of hydrogen-bond acceptors (Lipinski definition) is 6. The Hall–Kier alpha value is -2.69. The van der Waals surface area contributed by atoms with Crippen molar-refractivity contribution < 1.29 is 22.7 Å². The summed E-state index contributed by atoms with van der Waals surface area (Å²) in [7, 11) is -2.82. The number of hydrogen-bond donors (Lipinski definition) is 2. The lowest BCUT2D eigenvalue weighted by Gasteiger charge is -2.22. The highest BCUT2D eigenvalue weighted by molar-refractivity contribution is 7.89. The van der Waals surface area contributed by atoms with Crippen LogP contribution in [0.1, 0.15) is 5.56 Å². The molecule has 2 N–H and O–H groups in total. The lowest BCUT2D eigenvalue weighted by atomic mass is 10.2. The molecule has 2 heterocycles. The summed E-state index contributed by atoms with van der Waals surface area (Å²) in [6, 6.07) is 5.91. The molecule has 0 unspecified atom stereocenters. The number of sulfonamides is 1. The van der Waals surface area contributed by atoms with E-state index < -0.39 is 22.5 Å². The Morgan fingerprint density at radius 3 is 2.82 bits per heavy atom. The number of carbonyl (C=O) groups is 2. The third kappa shape index (κ3) is 4.24. The van der Waals surface area contributed by atoms with Crippen LogP contribution in [0.5, 0.6) is 5.75 Å². The number of rotatable bonds is 5. The lowest BCUT2D eigenvalue weighted by molar-refractivity contribution is -0.118. The number of aryl methyl sites for hydroxylation is 1. The quantitative estimate of drug-likeness (QED) is 0.753. The van der Waals surface area contributed by atoms with E-state index in [0.717, 1.165) is 9.87 Å². The predicted molar refractivity (Wildman–Crippen MR) is 103 cm³/mol. The smallest absolute Gasteiger partial charge is 0.262 e. The number of likely N-dealkylation sites (N-methyl/N-ethyl adjacent to an activating group) is 1. The van der Waals surface area contributed by atoms with Crippen molar-refractivity contribution in [2.75, 3.05) is 30.8 Å². The maximum absolute atomic E-state index is 12.8. The Bertz CT molecular complexity index is 1040.